The molecule has 234 valence electrons. The van der Waals surface area contributed by atoms with Crippen LogP contribution >= 0.6 is 11.6 Å². The summed E-state index contributed by atoms with van der Waals surface area (Å²) in [6.07, 6.45) is -4.16. The van der Waals surface area contributed by atoms with E-state index in [4.69, 9.17) is 40.0 Å². The van der Waals surface area contributed by atoms with Crippen molar-refractivity contribution in [2.24, 2.45) is 23.2 Å². The van der Waals surface area contributed by atoms with E-state index >= 15 is 0 Å². The number of aliphatic hydroxyl groups is 1. The number of alkyl halides is 1. The molecule has 0 aromatic rings. The van der Waals surface area contributed by atoms with Gasteiger partial charge >= 0.3 is 23.9 Å². The second-order valence-corrected chi connectivity index (χ2v) is 13.2. The minimum Gasteiger partial charge on any atom is -0.459 e. The van der Waals surface area contributed by atoms with Crippen LogP contribution in [0.2, 0.25) is 0 Å². The van der Waals surface area contributed by atoms with Crippen molar-refractivity contribution in [2.45, 2.75) is 127 Å². The molecule has 42 heavy (non-hydrogen) atoms. The first-order chi connectivity index (χ1) is 19.7. The number of rotatable bonds is 7. The molecule has 0 unspecified atom stereocenters. The van der Waals surface area contributed by atoms with Crippen LogP contribution in [0.15, 0.2) is 12.2 Å². The minimum absolute atomic E-state index is 0.235. The molecule has 3 saturated heterocycles. The summed E-state index contributed by atoms with van der Waals surface area (Å²) in [5, 5.41) is 11.5. The molecule has 3 heterocycles. The van der Waals surface area contributed by atoms with E-state index < -0.39 is 101 Å². The molecule has 5 rings (SSSR count). The predicted octanol–water partition coefficient (Wildman–Crippen LogP) is 2.62. The fraction of sp³-hybridized carbons (Fsp3) is 0.800. The molecule has 2 saturated carbocycles. The van der Waals surface area contributed by atoms with Gasteiger partial charge in [0.15, 0.2) is 11.7 Å². The van der Waals surface area contributed by atoms with Crippen LogP contribution in [-0.4, -0.2) is 88.8 Å². The van der Waals surface area contributed by atoms with Crippen LogP contribution in [0.5, 0.6) is 0 Å². The number of ether oxygens (including phenoxy) is 6. The Hall–Kier alpha value is -2.21. The average molecular weight is 613 g/mol. The Balaban J connectivity index is 1.66. The lowest BCUT2D eigenvalue weighted by Crippen LogP contribution is -2.69. The summed E-state index contributed by atoms with van der Waals surface area (Å²) in [6, 6.07) is 0. The number of epoxide rings is 2. The van der Waals surface area contributed by atoms with Gasteiger partial charge in [-0.05, 0) is 18.9 Å². The normalized spacial score (nSPS) is 47.0. The Morgan fingerprint density at radius 1 is 1.00 bits per heavy atom. The average Bonchev–Trinajstić information content (AvgIpc) is 3.84. The number of carbonyl (C=O) groups is 4. The third kappa shape index (κ3) is 4.84. The number of unbranched alkanes of at least 4 members (excludes halogenated alkanes) is 2. The van der Waals surface area contributed by atoms with Gasteiger partial charge in [0.25, 0.3) is 0 Å². The zero-order valence-electron chi connectivity index (χ0n) is 24.9. The van der Waals surface area contributed by atoms with Crippen LogP contribution in [0, 0.1) is 23.2 Å². The summed E-state index contributed by atoms with van der Waals surface area (Å²) < 4.78 is 35.8. The lowest BCUT2D eigenvalue weighted by molar-refractivity contribution is -0.227. The third-order valence-corrected chi connectivity index (χ3v) is 10.6. The zero-order valence-corrected chi connectivity index (χ0v) is 25.6. The van der Waals surface area contributed by atoms with Crippen molar-refractivity contribution in [1.29, 1.82) is 0 Å². The molecular weight excluding hydrogens is 572 g/mol. The van der Waals surface area contributed by atoms with Crippen molar-refractivity contribution in [2.75, 3.05) is 0 Å². The van der Waals surface area contributed by atoms with Crippen molar-refractivity contribution in [3.05, 3.63) is 12.2 Å². The Labute approximate surface area is 250 Å². The molecule has 0 aromatic carbocycles. The number of carbonyl (C=O) groups excluding carboxylic acids is 4. The van der Waals surface area contributed by atoms with E-state index in [1.807, 2.05) is 20.8 Å². The first-order valence-corrected chi connectivity index (χ1v) is 15.2. The molecule has 0 radical (unpaired) electrons. The van der Waals surface area contributed by atoms with Crippen LogP contribution in [0.3, 0.4) is 0 Å². The molecule has 1 N–H and O–H groups in total. The van der Waals surface area contributed by atoms with Crippen molar-refractivity contribution in [3.63, 3.8) is 0 Å². The summed E-state index contributed by atoms with van der Waals surface area (Å²) in [4.78, 5) is 51.2. The van der Waals surface area contributed by atoms with Gasteiger partial charge in [-0.2, -0.15) is 0 Å². The first-order valence-electron chi connectivity index (χ1n) is 14.8. The van der Waals surface area contributed by atoms with Gasteiger partial charge in [0.05, 0.1) is 17.4 Å². The highest BCUT2D eigenvalue weighted by Gasteiger charge is 2.78. The second-order valence-electron chi connectivity index (χ2n) is 12.7. The molecule has 3 aliphatic heterocycles. The number of hydrogen-bond acceptors (Lipinski definition) is 11. The minimum atomic E-state index is -2.13. The van der Waals surface area contributed by atoms with E-state index in [2.05, 4.69) is 6.58 Å². The van der Waals surface area contributed by atoms with E-state index in [-0.39, 0.29) is 12.4 Å². The molecule has 0 spiro atoms. The maximum absolute atomic E-state index is 13.1. The number of hydrogen-bond donors (Lipinski definition) is 1. The summed E-state index contributed by atoms with van der Waals surface area (Å²) in [7, 11) is 0. The van der Waals surface area contributed by atoms with Gasteiger partial charge < -0.3 is 33.5 Å². The smallest absolute Gasteiger partial charge is 0.312 e. The molecule has 0 aromatic heterocycles. The zero-order chi connectivity index (χ0) is 30.9. The van der Waals surface area contributed by atoms with Crippen LogP contribution in [-0.2, 0) is 47.6 Å². The number of fused-ring (bicyclic) bond motifs is 5. The Bertz CT molecular complexity index is 1160. The first kappa shape index (κ1) is 31.2. The predicted molar refractivity (Wildman–Crippen MR) is 146 cm³/mol. The highest BCUT2D eigenvalue weighted by molar-refractivity contribution is 6.23. The molecule has 12 heteroatoms. The Morgan fingerprint density at radius 3 is 2.26 bits per heavy atom. The molecule has 11 nitrogen and oxygen atoms in total. The van der Waals surface area contributed by atoms with Gasteiger partial charge in [-0.1, -0.05) is 40.2 Å². The van der Waals surface area contributed by atoms with E-state index in [1.54, 1.807) is 0 Å². The monoisotopic (exact) mass is 612 g/mol. The Morgan fingerprint density at radius 2 is 1.64 bits per heavy atom. The quantitative estimate of drug-likeness (QED) is 0.113. The summed E-state index contributed by atoms with van der Waals surface area (Å²) in [5.41, 5.74) is -2.92. The lowest BCUT2D eigenvalue weighted by atomic mass is 9.53. The summed E-state index contributed by atoms with van der Waals surface area (Å²) in [5.74, 6) is -5.01. The van der Waals surface area contributed by atoms with Crippen LogP contribution in [0.25, 0.3) is 0 Å². The van der Waals surface area contributed by atoms with Crippen molar-refractivity contribution in [3.8, 4) is 0 Å². The summed E-state index contributed by atoms with van der Waals surface area (Å²) >= 11 is 6.85. The maximum atomic E-state index is 13.1. The van der Waals surface area contributed by atoms with E-state index in [0.29, 0.717) is 12.0 Å². The van der Waals surface area contributed by atoms with Gasteiger partial charge in [0.1, 0.15) is 36.6 Å². The van der Waals surface area contributed by atoms with Crippen molar-refractivity contribution >= 4 is 35.5 Å². The van der Waals surface area contributed by atoms with Gasteiger partial charge in [0.2, 0.25) is 0 Å². The fourth-order valence-electron chi connectivity index (χ4n) is 7.82. The van der Waals surface area contributed by atoms with Crippen LogP contribution in [0.4, 0.5) is 0 Å². The van der Waals surface area contributed by atoms with Gasteiger partial charge in [0, 0.05) is 37.5 Å². The standard InChI is InChI=1S/C30H41ClO11/c1-8-9-10-11-17(34)39-20-12(2)18-24(37-15(5)32)30(36)14(4)28(35)42-25(30)19(31)13(3)21-22(40-21)26(38-16(6)33)29(18,7)27-23(20)41-27/h12,14,18-27,36H,3,8-11H2,1-2,4-7H3/t12-,14+,18-,19+,20-,21-,22-,23+,24-,25+,26+,27+,29+,30+/m1/s1. The largest absolute Gasteiger partial charge is 0.459 e. The number of esters is 4. The third-order valence-electron chi connectivity index (χ3n) is 10.1. The highest BCUT2D eigenvalue weighted by atomic mass is 35.5. The van der Waals surface area contributed by atoms with E-state index in [0.717, 1.165) is 12.8 Å². The molecule has 0 bridgehead atoms. The van der Waals surface area contributed by atoms with E-state index in [9.17, 15) is 24.3 Å². The van der Waals surface area contributed by atoms with Gasteiger partial charge in [-0.25, -0.2) is 0 Å². The second kappa shape index (κ2) is 11.1. The highest BCUT2D eigenvalue weighted by Crippen LogP contribution is 2.64. The van der Waals surface area contributed by atoms with Crippen LogP contribution < -0.4 is 0 Å². The van der Waals surface area contributed by atoms with E-state index in [1.165, 1.54) is 20.8 Å². The summed E-state index contributed by atoms with van der Waals surface area (Å²) in [6.45, 7) is 13.8. The van der Waals surface area contributed by atoms with Crippen molar-refractivity contribution < 1.29 is 52.7 Å². The van der Waals surface area contributed by atoms with Crippen LogP contribution in [0.1, 0.15) is 67.2 Å². The fourth-order valence-corrected chi connectivity index (χ4v) is 8.19. The van der Waals surface area contributed by atoms with Gasteiger partial charge in [-0.3, -0.25) is 19.2 Å². The molecule has 0 amide bonds. The SMILES string of the molecule is C=C1[C@H]2O[C@H]2[C@H](OC(C)=O)[C@]2(C)[C@H]([C@@H](C)[C@@H](OC(=O)CCCCC)[C@@H]3O[C@@H]32)[C@@H](OC(C)=O)[C@@]2(O)[C@@H](C)C(=O)O[C@H]2[C@H]1Cl. The molecular formula is C30H41ClO11. The lowest BCUT2D eigenvalue weighted by Gasteiger charge is -2.54. The topological polar surface area (TPSA) is 150 Å². The molecule has 14 atom stereocenters. The molecule has 5 aliphatic rings. The number of halogens is 1. The molecule has 2 aliphatic carbocycles. The van der Waals surface area contributed by atoms with Gasteiger partial charge in [-0.15, -0.1) is 11.6 Å². The Kier molecular flexibility index (Phi) is 8.22. The molecule has 5 fully saturated rings. The van der Waals surface area contributed by atoms with Crippen molar-refractivity contribution in [1.82, 2.24) is 0 Å². The maximum Gasteiger partial charge on any atom is 0.312 e.